The quantitative estimate of drug-likeness (QED) is 0.168. The van der Waals surface area contributed by atoms with Crippen LogP contribution < -0.4 is 10.6 Å². The molecular weight excluding hydrogens is 522 g/mol. The number of anilines is 2. The zero-order chi connectivity index (χ0) is 29.2. The lowest BCUT2D eigenvalue weighted by Crippen LogP contribution is -2.37. The average Bonchev–Trinajstić information content (AvgIpc) is 3.60. The molecule has 2 N–H and O–H groups in total. The van der Waals surface area contributed by atoms with E-state index in [1.807, 2.05) is 45.9 Å². The summed E-state index contributed by atoms with van der Waals surface area (Å²) in [6.07, 6.45) is 4.41. The Kier molecular flexibility index (Phi) is 9.95. The molecular formula is C30H37N7O4. The average molecular weight is 560 g/mol. The monoisotopic (exact) mass is 559 g/mol. The Balaban J connectivity index is 1.32. The van der Waals surface area contributed by atoms with E-state index >= 15 is 0 Å². The van der Waals surface area contributed by atoms with E-state index in [-0.39, 0.29) is 5.41 Å². The fourth-order valence-corrected chi connectivity index (χ4v) is 4.05. The zero-order valence-electron chi connectivity index (χ0n) is 24.1. The number of rotatable bonds is 9. The van der Waals surface area contributed by atoms with Crippen LogP contribution >= 0.6 is 0 Å². The predicted molar refractivity (Wildman–Crippen MR) is 159 cm³/mol. The maximum Gasteiger partial charge on any atom is 0.324 e. The van der Waals surface area contributed by atoms with Gasteiger partial charge in [0.15, 0.2) is 17.4 Å². The van der Waals surface area contributed by atoms with E-state index in [1.54, 1.807) is 29.1 Å². The summed E-state index contributed by atoms with van der Waals surface area (Å²) in [5, 5.41) is 13.4. The van der Waals surface area contributed by atoms with Gasteiger partial charge in [0.25, 0.3) is 0 Å². The van der Waals surface area contributed by atoms with Crippen molar-refractivity contribution in [3.63, 3.8) is 0 Å². The number of morpholine rings is 1. The minimum Gasteiger partial charge on any atom is -0.490 e. The second-order valence-electron chi connectivity index (χ2n) is 10.5. The maximum absolute atomic E-state index is 12.4. The molecule has 11 heteroatoms. The minimum atomic E-state index is -0.422. The van der Waals surface area contributed by atoms with Gasteiger partial charge in [-0.25, -0.2) is 14.5 Å². The lowest BCUT2D eigenvalue weighted by atomic mass is 9.93. The summed E-state index contributed by atoms with van der Waals surface area (Å²) in [6.45, 7) is 16.6. The van der Waals surface area contributed by atoms with Gasteiger partial charge in [0, 0.05) is 49.1 Å². The molecule has 4 rings (SSSR count). The van der Waals surface area contributed by atoms with Crippen molar-refractivity contribution in [3.05, 3.63) is 65.4 Å². The summed E-state index contributed by atoms with van der Waals surface area (Å²) in [6, 6.07) is 8.45. The highest BCUT2D eigenvalue weighted by Crippen LogP contribution is 2.24. The summed E-state index contributed by atoms with van der Waals surface area (Å²) >= 11 is 0. The van der Waals surface area contributed by atoms with Crippen molar-refractivity contribution >= 4 is 30.0 Å². The number of imidazole rings is 1. The van der Waals surface area contributed by atoms with Gasteiger partial charge < -0.3 is 19.3 Å². The van der Waals surface area contributed by atoms with Gasteiger partial charge in [0.05, 0.1) is 26.0 Å². The summed E-state index contributed by atoms with van der Waals surface area (Å²) in [4.78, 5) is 19.2. The number of ether oxygens (including phenoxy) is 2. The number of nitrogens with one attached hydrogen (secondary N) is 2. The van der Waals surface area contributed by atoms with Gasteiger partial charge in [0.2, 0.25) is 0 Å². The van der Waals surface area contributed by atoms with Crippen LogP contribution in [0.15, 0.2) is 52.2 Å². The molecule has 216 valence electrons. The van der Waals surface area contributed by atoms with Crippen LogP contribution in [-0.4, -0.2) is 71.9 Å². The fourth-order valence-electron chi connectivity index (χ4n) is 4.05. The van der Waals surface area contributed by atoms with Crippen LogP contribution in [0, 0.1) is 11.8 Å². The van der Waals surface area contributed by atoms with Crippen LogP contribution in [0.2, 0.25) is 0 Å². The van der Waals surface area contributed by atoms with Gasteiger partial charge in [0.1, 0.15) is 11.5 Å². The van der Waals surface area contributed by atoms with Crippen molar-refractivity contribution in [3.8, 4) is 11.8 Å². The molecule has 1 aromatic carbocycles. The molecule has 3 heterocycles. The maximum atomic E-state index is 12.4. The third-order valence-electron chi connectivity index (χ3n) is 6.31. The number of amides is 2. The van der Waals surface area contributed by atoms with Crippen molar-refractivity contribution in [2.24, 2.45) is 5.10 Å². The summed E-state index contributed by atoms with van der Waals surface area (Å²) in [5.41, 5.74) is 1.74. The number of hydrogen-bond acceptors (Lipinski definition) is 8. The van der Waals surface area contributed by atoms with Crippen molar-refractivity contribution < 1.29 is 18.8 Å². The van der Waals surface area contributed by atoms with Gasteiger partial charge in [-0.15, -0.1) is 0 Å². The van der Waals surface area contributed by atoms with Crippen LogP contribution in [0.5, 0.6) is 0 Å². The Bertz CT molecular complexity index is 1420. The van der Waals surface area contributed by atoms with Crippen molar-refractivity contribution in [1.29, 1.82) is 0 Å². The second kappa shape index (κ2) is 13.8. The minimum absolute atomic E-state index is 0.201. The van der Waals surface area contributed by atoms with Gasteiger partial charge in [-0.1, -0.05) is 31.8 Å². The molecule has 2 amide bonds. The summed E-state index contributed by atoms with van der Waals surface area (Å²) in [5.74, 6) is 8.41. The van der Waals surface area contributed by atoms with E-state index < -0.39 is 6.03 Å². The molecule has 0 radical (unpaired) electrons. The molecule has 1 aliphatic heterocycles. The van der Waals surface area contributed by atoms with E-state index in [2.05, 4.69) is 49.3 Å². The summed E-state index contributed by atoms with van der Waals surface area (Å²) < 4.78 is 18.3. The molecule has 0 bridgehead atoms. The van der Waals surface area contributed by atoms with Gasteiger partial charge in [-0.3, -0.25) is 10.2 Å². The van der Waals surface area contributed by atoms with E-state index in [9.17, 15) is 4.79 Å². The number of hydrogen-bond donors (Lipinski definition) is 2. The highest BCUT2D eigenvalue weighted by atomic mass is 16.5. The zero-order valence-corrected chi connectivity index (χ0v) is 24.1. The lowest BCUT2D eigenvalue weighted by Gasteiger charge is -2.26. The Morgan fingerprint density at radius 3 is 2.61 bits per heavy atom. The molecule has 3 aromatic rings. The molecule has 41 heavy (non-hydrogen) atoms. The van der Waals surface area contributed by atoms with Crippen molar-refractivity contribution in [1.82, 2.24) is 19.7 Å². The number of benzene rings is 1. The van der Waals surface area contributed by atoms with Gasteiger partial charge in [-0.05, 0) is 49.6 Å². The molecule has 0 aliphatic carbocycles. The number of allylic oxidation sites excluding steroid dienone is 1. The smallest absolute Gasteiger partial charge is 0.324 e. The first-order chi connectivity index (χ1) is 19.8. The first-order valence-electron chi connectivity index (χ1n) is 13.6. The number of carbonyl (C=O) groups excluding carboxylic acids is 1. The molecule has 1 aliphatic rings. The van der Waals surface area contributed by atoms with Crippen LogP contribution in [-0.2, 0) is 14.9 Å². The molecule has 1 saturated heterocycles. The Morgan fingerprint density at radius 1 is 1.20 bits per heavy atom. The normalized spacial score (nSPS) is 14.2. The highest BCUT2D eigenvalue weighted by molar-refractivity contribution is 5.99. The Morgan fingerprint density at radius 2 is 1.95 bits per heavy atom. The number of carbonyl (C=O) groups is 1. The third-order valence-corrected chi connectivity index (χ3v) is 6.31. The second-order valence-corrected chi connectivity index (χ2v) is 10.5. The Hall–Kier alpha value is -4.40. The number of nitrogens with zero attached hydrogens (tertiary/aromatic N) is 5. The van der Waals surface area contributed by atoms with Crippen molar-refractivity contribution in [2.75, 3.05) is 50.1 Å². The molecule has 0 atom stereocenters. The molecule has 11 nitrogen and oxygen atoms in total. The van der Waals surface area contributed by atoms with Gasteiger partial charge >= 0.3 is 6.03 Å². The number of urea groups is 1. The first-order valence-corrected chi connectivity index (χ1v) is 13.6. The standard InChI is InChI=1S/C30H37N7O4/c1-6-25(40-17-7-14-36-15-18-39-19-16-36)28-32-21-24(37(28)31-5)13-10-22-8-11-23(12-9-22)33-29(38)34-27-20-26(41-35-27)30(2,3)4/h6,8-9,11-12,20-21H,5,7,14-19H2,1-4H3,(H2,33,34,35,38)/b25-6+. The topological polar surface area (TPSA) is 119 Å². The van der Waals surface area contributed by atoms with Gasteiger partial charge in [-0.2, -0.15) is 5.10 Å². The SMILES string of the molecule is C=Nn1c(C#Cc2ccc(NC(=O)Nc3cc(C(C)(C)C)on3)cc2)cnc1/C(=C\C)OCCCN1CCOCC1. The van der Waals surface area contributed by atoms with Crippen LogP contribution in [0.3, 0.4) is 0 Å². The van der Waals surface area contributed by atoms with E-state index in [0.29, 0.717) is 41.1 Å². The molecule has 0 spiro atoms. The Labute approximate surface area is 240 Å². The molecule has 1 fully saturated rings. The third kappa shape index (κ3) is 8.30. The van der Waals surface area contributed by atoms with Crippen molar-refractivity contribution in [2.45, 2.75) is 39.5 Å². The predicted octanol–water partition coefficient (Wildman–Crippen LogP) is 4.78. The van der Waals surface area contributed by atoms with E-state index in [0.717, 1.165) is 44.8 Å². The van der Waals surface area contributed by atoms with E-state index in [1.165, 1.54) is 0 Å². The molecule has 2 aromatic heterocycles. The number of aromatic nitrogens is 3. The summed E-state index contributed by atoms with van der Waals surface area (Å²) in [7, 11) is 0. The fraction of sp³-hybridized carbons (Fsp3) is 0.400. The largest absolute Gasteiger partial charge is 0.490 e. The molecule has 0 saturated carbocycles. The van der Waals surface area contributed by atoms with Crippen LogP contribution in [0.4, 0.5) is 16.3 Å². The highest BCUT2D eigenvalue weighted by Gasteiger charge is 2.20. The molecule has 0 unspecified atom stereocenters. The lowest BCUT2D eigenvalue weighted by molar-refractivity contribution is 0.0353. The first kappa shape index (κ1) is 29.6. The van der Waals surface area contributed by atoms with Crippen LogP contribution in [0.1, 0.15) is 57.0 Å². The van der Waals surface area contributed by atoms with Crippen LogP contribution in [0.25, 0.3) is 5.76 Å². The van der Waals surface area contributed by atoms with E-state index in [4.69, 9.17) is 14.0 Å².